The summed E-state index contributed by atoms with van der Waals surface area (Å²) in [6, 6.07) is 0. The molecule has 0 aromatic carbocycles. The predicted octanol–water partition coefficient (Wildman–Crippen LogP) is 2.60. The fourth-order valence-electron chi connectivity index (χ4n) is 0.290. The van der Waals surface area contributed by atoms with Gasteiger partial charge < -0.3 is 0 Å². The topological polar surface area (TPSA) is 46.5 Å². The number of nitrogens with zero attached hydrogens (tertiary/aromatic N) is 1. The van der Waals surface area contributed by atoms with Crippen molar-refractivity contribution < 1.29 is 8.42 Å². The third-order valence-electron chi connectivity index (χ3n) is 0.544. The maximum Gasteiger partial charge on any atom is 0.275 e. The van der Waals surface area contributed by atoms with Gasteiger partial charge in [-0.15, -0.1) is 0 Å². The van der Waals surface area contributed by atoms with Gasteiger partial charge in [0.1, 0.15) is 0 Å². The van der Waals surface area contributed by atoms with E-state index in [0.717, 1.165) is 5.41 Å². The molecule has 0 radical (unpaired) electrons. The van der Waals surface area contributed by atoms with Crippen molar-refractivity contribution in [2.45, 2.75) is 35.1 Å². The van der Waals surface area contributed by atoms with Crippen LogP contribution in [0.4, 0.5) is 0 Å². The summed E-state index contributed by atoms with van der Waals surface area (Å²) < 4.78 is 23.4. The van der Waals surface area contributed by atoms with Gasteiger partial charge >= 0.3 is 0 Å². The van der Waals surface area contributed by atoms with E-state index in [-0.39, 0.29) is 7.43 Å². The number of allylic oxidation sites excluding steroid dienone is 1. The Balaban J connectivity index is -0.000000144. The molecular formula is C8H19NO2S. The van der Waals surface area contributed by atoms with E-state index >= 15 is 0 Å². The van der Waals surface area contributed by atoms with Crippen LogP contribution in [0.3, 0.4) is 0 Å². The minimum atomic E-state index is -3.16. The van der Waals surface area contributed by atoms with Crippen LogP contribution in [0.1, 0.15) is 35.1 Å². The van der Waals surface area contributed by atoms with Crippen LogP contribution >= 0.6 is 0 Å². The van der Waals surface area contributed by atoms with Crippen molar-refractivity contribution in [2.75, 3.05) is 0 Å². The molecule has 1 heterocycles. The zero-order valence-electron chi connectivity index (χ0n) is 7.40. The number of rotatable bonds is 0. The summed E-state index contributed by atoms with van der Waals surface area (Å²) in [5.41, 5.74) is 0. The molecule has 0 aliphatic carbocycles. The van der Waals surface area contributed by atoms with Gasteiger partial charge in [-0.1, -0.05) is 35.1 Å². The molecule has 1 rings (SSSR count). The summed E-state index contributed by atoms with van der Waals surface area (Å²) in [6.07, 6.45) is 2.63. The quantitative estimate of drug-likeness (QED) is 0.593. The van der Waals surface area contributed by atoms with E-state index in [1.165, 1.54) is 12.3 Å². The molecule has 0 bridgehead atoms. The molecule has 0 saturated heterocycles. The second kappa shape index (κ2) is 10.4. The summed E-state index contributed by atoms with van der Waals surface area (Å²) in [7, 11) is -3.16. The summed E-state index contributed by atoms with van der Waals surface area (Å²) in [6.45, 7) is 8.00. The normalized spacial score (nSPS) is 14.7. The average Bonchev–Trinajstić information content (AvgIpc) is 2.43. The van der Waals surface area contributed by atoms with Crippen molar-refractivity contribution >= 4 is 16.2 Å². The highest BCUT2D eigenvalue weighted by Gasteiger charge is 2.01. The van der Waals surface area contributed by atoms with Gasteiger partial charge in [0.25, 0.3) is 10.0 Å². The van der Waals surface area contributed by atoms with Crippen LogP contribution in [0.25, 0.3) is 0 Å². The molecule has 12 heavy (non-hydrogen) atoms. The van der Waals surface area contributed by atoms with E-state index in [1.807, 2.05) is 27.7 Å². The van der Waals surface area contributed by atoms with Gasteiger partial charge in [0.05, 0.1) is 5.41 Å². The maximum atomic E-state index is 10.1. The molecule has 74 valence electrons. The molecule has 1 aliphatic heterocycles. The first-order chi connectivity index (χ1) is 5.21. The van der Waals surface area contributed by atoms with Crippen LogP contribution in [0.5, 0.6) is 0 Å². The van der Waals surface area contributed by atoms with E-state index in [0.29, 0.717) is 0 Å². The third kappa shape index (κ3) is 9.36. The molecule has 0 unspecified atom stereocenters. The first-order valence-electron chi connectivity index (χ1n) is 3.68. The SMILES string of the molecule is C.CC.CC.O=S1(=O)C=CC=N1. The monoisotopic (exact) mass is 193 g/mol. The van der Waals surface area contributed by atoms with Gasteiger partial charge in [-0.2, -0.15) is 12.8 Å². The van der Waals surface area contributed by atoms with Gasteiger partial charge in [0, 0.05) is 6.21 Å². The molecule has 0 saturated carbocycles. The van der Waals surface area contributed by atoms with Gasteiger partial charge in [-0.05, 0) is 6.08 Å². The van der Waals surface area contributed by atoms with Crippen molar-refractivity contribution in [3.05, 3.63) is 11.5 Å². The Labute approximate surface area is 76.3 Å². The molecule has 0 atom stereocenters. The van der Waals surface area contributed by atoms with Crippen molar-refractivity contribution in [2.24, 2.45) is 4.40 Å². The largest absolute Gasteiger partial charge is 0.275 e. The smallest absolute Gasteiger partial charge is 0.200 e. The van der Waals surface area contributed by atoms with E-state index in [2.05, 4.69) is 4.40 Å². The van der Waals surface area contributed by atoms with Crippen LogP contribution in [0.15, 0.2) is 15.9 Å². The Morgan fingerprint density at radius 1 is 1.08 bits per heavy atom. The Bertz CT molecular complexity index is 197. The summed E-state index contributed by atoms with van der Waals surface area (Å²) in [5, 5.41) is 1.05. The lowest BCUT2D eigenvalue weighted by Crippen LogP contribution is -1.80. The predicted molar refractivity (Wildman–Crippen MR) is 56.0 cm³/mol. The van der Waals surface area contributed by atoms with Gasteiger partial charge in [0.2, 0.25) is 0 Å². The first kappa shape index (κ1) is 17.4. The fraction of sp³-hybridized carbons (Fsp3) is 0.625. The minimum absolute atomic E-state index is 0. The second-order valence-corrected chi connectivity index (χ2v) is 2.61. The molecule has 0 spiro atoms. The van der Waals surface area contributed by atoms with E-state index in [4.69, 9.17) is 0 Å². The fourth-order valence-corrected chi connectivity index (χ4v) is 0.869. The second-order valence-electron chi connectivity index (χ2n) is 1.10. The summed E-state index contributed by atoms with van der Waals surface area (Å²) >= 11 is 0. The van der Waals surface area contributed by atoms with Crippen LogP contribution < -0.4 is 0 Å². The van der Waals surface area contributed by atoms with Crippen molar-refractivity contribution in [3.63, 3.8) is 0 Å². The van der Waals surface area contributed by atoms with Crippen LogP contribution in [0.2, 0.25) is 0 Å². The Morgan fingerprint density at radius 2 is 1.50 bits per heavy atom. The van der Waals surface area contributed by atoms with Crippen LogP contribution in [-0.2, 0) is 10.0 Å². The Kier molecular flexibility index (Phi) is 15.1. The zero-order valence-corrected chi connectivity index (χ0v) is 8.22. The third-order valence-corrected chi connectivity index (χ3v) is 1.46. The lowest BCUT2D eigenvalue weighted by atomic mass is 10.7. The van der Waals surface area contributed by atoms with Gasteiger partial charge in [-0.25, -0.2) is 0 Å². The molecule has 4 heteroatoms. The summed E-state index contributed by atoms with van der Waals surface area (Å²) in [5.74, 6) is 0. The molecule has 0 aromatic rings. The lowest BCUT2D eigenvalue weighted by Gasteiger charge is -1.73. The highest BCUT2D eigenvalue weighted by atomic mass is 32.2. The highest BCUT2D eigenvalue weighted by molar-refractivity contribution is 7.93. The maximum absolute atomic E-state index is 10.1. The Hall–Kier alpha value is -0.640. The van der Waals surface area contributed by atoms with E-state index < -0.39 is 10.0 Å². The van der Waals surface area contributed by atoms with E-state index in [1.54, 1.807) is 0 Å². The molecule has 1 aliphatic rings. The van der Waals surface area contributed by atoms with E-state index in [9.17, 15) is 8.42 Å². The van der Waals surface area contributed by atoms with Gasteiger partial charge in [0.15, 0.2) is 0 Å². The van der Waals surface area contributed by atoms with Crippen LogP contribution in [-0.4, -0.2) is 14.6 Å². The highest BCUT2D eigenvalue weighted by Crippen LogP contribution is 1.97. The molecule has 0 N–H and O–H groups in total. The van der Waals surface area contributed by atoms with Crippen molar-refractivity contribution in [1.82, 2.24) is 0 Å². The summed E-state index contributed by atoms with van der Waals surface area (Å²) in [4.78, 5) is 0. The van der Waals surface area contributed by atoms with Gasteiger partial charge in [-0.3, -0.25) is 0 Å². The van der Waals surface area contributed by atoms with Crippen LogP contribution in [0, 0.1) is 0 Å². The van der Waals surface area contributed by atoms with Crippen molar-refractivity contribution in [1.29, 1.82) is 0 Å². The number of hydrogen-bond donors (Lipinski definition) is 0. The Morgan fingerprint density at radius 3 is 1.58 bits per heavy atom. The zero-order chi connectivity index (χ0) is 9.33. The average molecular weight is 193 g/mol. The molecule has 0 amide bonds. The first-order valence-corrected chi connectivity index (χ1v) is 5.18. The molecule has 0 fully saturated rings. The minimum Gasteiger partial charge on any atom is -0.200 e. The molecule has 3 nitrogen and oxygen atoms in total. The number of hydrogen-bond acceptors (Lipinski definition) is 2. The number of sulfonamides is 1. The van der Waals surface area contributed by atoms with Crippen molar-refractivity contribution in [3.8, 4) is 0 Å². The standard InChI is InChI=1S/C3H3NO2S.2C2H6.CH4/c5-7(6)3-1-2-4-7;2*1-2;/h1-3H;2*1-2H3;1H4. The molecular weight excluding hydrogens is 174 g/mol. The molecule has 0 aromatic heterocycles. The lowest BCUT2D eigenvalue weighted by molar-refractivity contribution is 0.607.